The third-order valence-electron chi connectivity index (χ3n) is 3.36. The molecule has 25 heavy (non-hydrogen) atoms. The van der Waals surface area contributed by atoms with E-state index in [0.717, 1.165) is 12.8 Å². The first kappa shape index (κ1) is 21.4. The predicted molar refractivity (Wildman–Crippen MR) is 97.9 cm³/mol. The molecular formula is C17H27N2O5P. The van der Waals surface area contributed by atoms with Gasteiger partial charge in [-0.25, -0.2) is 4.79 Å². The largest absolute Gasteiger partial charge is 0.364 e. The summed E-state index contributed by atoms with van der Waals surface area (Å²) in [5.74, 6) is 0. The third kappa shape index (κ3) is 6.63. The second-order valence-electron chi connectivity index (χ2n) is 5.53. The molecule has 0 amide bonds. The van der Waals surface area contributed by atoms with Crippen molar-refractivity contribution in [1.29, 1.82) is 0 Å². The molecule has 0 saturated heterocycles. The maximum Gasteiger partial charge on any atom is 0.364 e. The van der Waals surface area contributed by atoms with Crippen LogP contribution < -0.4 is 11.2 Å². The summed E-state index contributed by atoms with van der Waals surface area (Å²) >= 11 is 0. The van der Waals surface area contributed by atoms with E-state index in [2.05, 4.69) is 10.7 Å². The fourth-order valence-corrected chi connectivity index (χ4v) is 4.08. The van der Waals surface area contributed by atoms with Crippen LogP contribution in [0.4, 0.5) is 0 Å². The Labute approximate surface area is 147 Å². The predicted octanol–water partition coefficient (Wildman–Crippen LogP) is 3.42. The van der Waals surface area contributed by atoms with Gasteiger partial charge >= 0.3 is 13.3 Å². The Hall–Kier alpha value is -1.65. The lowest BCUT2D eigenvalue weighted by Gasteiger charge is -2.18. The van der Waals surface area contributed by atoms with Gasteiger partial charge in [0.05, 0.1) is 25.1 Å². The molecule has 7 nitrogen and oxygen atoms in total. The number of unbranched alkanes of at least 4 members (excludes halogenated alkanes) is 1. The summed E-state index contributed by atoms with van der Waals surface area (Å²) in [6.45, 7) is 8.12. The van der Waals surface area contributed by atoms with Crippen molar-refractivity contribution >= 4 is 7.60 Å². The molecule has 1 N–H and O–H groups in total. The van der Waals surface area contributed by atoms with Crippen molar-refractivity contribution in [1.82, 2.24) is 9.55 Å². The van der Waals surface area contributed by atoms with Crippen LogP contribution in [0.2, 0.25) is 0 Å². The van der Waals surface area contributed by atoms with Crippen LogP contribution in [0.1, 0.15) is 47.0 Å². The standard InChI is InChI=1S/C17H27N2O5P/c1-5-8-9-15(25(22,23-6-2)24-7-3)12-14(4)13-19-11-10-16(20)18-17(19)21/h10-11H,5-9,13H2,1-4H3,(H,18,20,21). The second-order valence-corrected chi connectivity index (χ2v) is 7.58. The van der Waals surface area contributed by atoms with Crippen molar-refractivity contribution in [3.63, 3.8) is 0 Å². The fraction of sp³-hybridized carbons (Fsp3) is 0.588. The van der Waals surface area contributed by atoms with Gasteiger partial charge in [-0.2, -0.15) is 0 Å². The lowest BCUT2D eigenvalue weighted by atomic mass is 10.2. The Morgan fingerprint density at radius 1 is 1.24 bits per heavy atom. The van der Waals surface area contributed by atoms with E-state index in [9.17, 15) is 14.2 Å². The Bertz CT molecular complexity index is 777. The highest BCUT2D eigenvalue weighted by Gasteiger charge is 2.29. The van der Waals surface area contributed by atoms with E-state index >= 15 is 0 Å². The highest BCUT2D eigenvalue weighted by atomic mass is 31.2. The zero-order chi connectivity index (χ0) is 18.9. The topological polar surface area (TPSA) is 90.4 Å². The smallest absolute Gasteiger partial charge is 0.305 e. The maximum atomic E-state index is 13.0. The molecule has 0 spiro atoms. The molecule has 0 aliphatic carbocycles. The summed E-state index contributed by atoms with van der Waals surface area (Å²) < 4.78 is 25.2. The van der Waals surface area contributed by atoms with Crippen molar-refractivity contribution in [2.45, 2.75) is 53.5 Å². The average molecular weight is 370 g/mol. The summed E-state index contributed by atoms with van der Waals surface area (Å²) in [6.07, 6.45) is 3.73. The minimum atomic E-state index is -3.40. The summed E-state index contributed by atoms with van der Waals surface area (Å²) in [7, 11) is -3.40. The van der Waals surface area contributed by atoms with Crippen molar-refractivity contribution in [3.05, 3.63) is 49.7 Å². The lowest BCUT2D eigenvalue weighted by molar-refractivity contribution is 0.225. The number of nitrogens with one attached hydrogen (secondary N) is 1. The number of allylic oxidation sites excluding steroid dienone is 1. The number of nitrogens with zero attached hydrogens (tertiary/aromatic N) is 1. The van der Waals surface area contributed by atoms with E-state index < -0.39 is 18.8 Å². The van der Waals surface area contributed by atoms with Gasteiger partial charge in [-0.3, -0.25) is 18.9 Å². The molecule has 1 aromatic heterocycles. The van der Waals surface area contributed by atoms with Crippen LogP contribution in [0.15, 0.2) is 38.5 Å². The van der Waals surface area contributed by atoms with Crippen LogP contribution in [-0.4, -0.2) is 22.8 Å². The summed E-state index contributed by atoms with van der Waals surface area (Å²) in [4.78, 5) is 25.1. The molecule has 0 unspecified atom stereocenters. The summed E-state index contributed by atoms with van der Waals surface area (Å²) in [5.41, 5.74) is 2.87. The van der Waals surface area contributed by atoms with Crippen LogP contribution in [0.25, 0.3) is 0 Å². The van der Waals surface area contributed by atoms with E-state index in [1.807, 2.05) is 6.92 Å². The Kier molecular flexibility index (Phi) is 8.87. The van der Waals surface area contributed by atoms with E-state index in [1.165, 1.54) is 16.8 Å². The van der Waals surface area contributed by atoms with E-state index in [4.69, 9.17) is 9.05 Å². The maximum absolute atomic E-state index is 13.0. The Balaban J connectivity index is 3.29. The van der Waals surface area contributed by atoms with Gasteiger partial charge in [0.2, 0.25) is 0 Å². The zero-order valence-corrected chi connectivity index (χ0v) is 16.2. The number of H-pyrrole nitrogens is 1. The van der Waals surface area contributed by atoms with Gasteiger partial charge in [0.15, 0.2) is 0 Å². The molecule has 8 heteroatoms. The van der Waals surface area contributed by atoms with Gasteiger partial charge in [-0.05, 0) is 39.2 Å². The molecule has 1 aromatic rings. The SMILES string of the molecule is CCCCC(=C=C(C)Cn1ccc(=O)[nH]c1=O)P(=O)(OCC)OCC. The summed E-state index contributed by atoms with van der Waals surface area (Å²) in [6, 6.07) is 1.28. The van der Waals surface area contributed by atoms with Gasteiger partial charge in [0, 0.05) is 12.3 Å². The van der Waals surface area contributed by atoms with E-state index in [0.29, 0.717) is 17.3 Å². The van der Waals surface area contributed by atoms with Gasteiger partial charge in [0.1, 0.15) is 0 Å². The number of aromatic amines is 1. The molecule has 0 aliphatic rings. The molecule has 0 radical (unpaired) electrons. The van der Waals surface area contributed by atoms with Crippen molar-refractivity contribution in [2.24, 2.45) is 0 Å². The van der Waals surface area contributed by atoms with Crippen molar-refractivity contribution in [2.75, 3.05) is 13.2 Å². The van der Waals surface area contributed by atoms with Crippen LogP contribution >= 0.6 is 7.60 Å². The molecule has 140 valence electrons. The minimum Gasteiger partial charge on any atom is -0.305 e. The fourth-order valence-electron chi connectivity index (χ4n) is 2.26. The number of hydrogen-bond acceptors (Lipinski definition) is 5. The molecule has 0 fully saturated rings. The molecule has 0 atom stereocenters. The number of hydrogen-bond donors (Lipinski definition) is 1. The second kappa shape index (κ2) is 10.4. The summed E-state index contributed by atoms with van der Waals surface area (Å²) in [5, 5.41) is 0.494. The van der Waals surface area contributed by atoms with Crippen LogP contribution in [0, 0.1) is 0 Å². The Morgan fingerprint density at radius 2 is 1.88 bits per heavy atom. The Morgan fingerprint density at radius 3 is 2.40 bits per heavy atom. The number of rotatable bonds is 10. The van der Waals surface area contributed by atoms with Crippen molar-refractivity contribution in [3.8, 4) is 0 Å². The monoisotopic (exact) mass is 370 g/mol. The van der Waals surface area contributed by atoms with Crippen LogP contribution in [-0.2, 0) is 20.2 Å². The molecule has 0 bridgehead atoms. The highest BCUT2D eigenvalue weighted by molar-refractivity contribution is 7.58. The molecule has 0 aromatic carbocycles. The highest BCUT2D eigenvalue weighted by Crippen LogP contribution is 2.57. The first-order chi connectivity index (χ1) is 11.9. The van der Waals surface area contributed by atoms with Gasteiger partial charge in [-0.1, -0.05) is 13.3 Å². The van der Waals surface area contributed by atoms with Crippen LogP contribution in [0.5, 0.6) is 0 Å². The van der Waals surface area contributed by atoms with Gasteiger partial charge < -0.3 is 9.05 Å². The molecular weight excluding hydrogens is 343 g/mol. The van der Waals surface area contributed by atoms with Gasteiger partial charge in [-0.15, -0.1) is 5.73 Å². The van der Waals surface area contributed by atoms with Gasteiger partial charge in [0.25, 0.3) is 5.56 Å². The van der Waals surface area contributed by atoms with E-state index in [1.54, 1.807) is 20.8 Å². The number of aromatic nitrogens is 2. The van der Waals surface area contributed by atoms with Crippen LogP contribution in [0.3, 0.4) is 0 Å². The quantitative estimate of drug-likeness (QED) is 0.503. The minimum absolute atomic E-state index is 0.226. The average Bonchev–Trinajstić information content (AvgIpc) is 2.54. The van der Waals surface area contributed by atoms with Crippen molar-refractivity contribution < 1.29 is 13.6 Å². The first-order valence-electron chi connectivity index (χ1n) is 8.51. The normalized spacial score (nSPS) is 11.2. The lowest BCUT2D eigenvalue weighted by Crippen LogP contribution is -2.28. The van der Waals surface area contributed by atoms with E-state index in [-0.39, 0.29) is 19.8 Å². The molecule has 1 rings (SSSR count). The molecule has 0 aliphatic heterocycles. The molecule has 1 heterocycles. The molecule has 0 saturated carbocycles. The third-order valence-corrected chi connectivity index (χ3v) is 5.55. The first-order valence-corrected chi connectivity index (χ1v) is 10.0. The zero-order valence-electron chi connectivity index (χ0n) is 15.3.